The zero-order valence-corrected chi connectivity index (χ0v) is 13.4. The van der Waals surface area contributed by atoms with Crippen molar-refractivity contribution >= 4 is 22.6 Å². The minimum Gasteiger partial charge on any atom is -0.378 e. The molecule has 7 heteroatoms. The maximum atomic E-state index is 14.5. The molecule has 0 atom stereocenters. The third-order valence-corrected chi connectivity index (χ3v) is 4.12. The number of fused-ring (bicyclic) bond motifs is 1. The van der Waals surface area contributed by atoms with Crippen LogP contribution in [0.1, 0.15) is 22.8 Å². The summed E-state index contributed by atoms with van der Waals surface area (Å²) in [7, 11) is 1.56. The maximum absolute atomic E-state index is 14.5. The van der Waals surface area contributed by atoms with Gasteiger partial charge in [-0.2, -0.15) is 0 Å². The first kappa shape index (κ1) is 15.6. The van der Waals surface area contributed by atoms with Crippen molar-refractivity contribution in [2.24, 2.45) is 7.05 Å². The number of benzene rings is 1. The van der Waals surface area contributed by atoms with Gasteiger partial charge in [0.05, 0.1) is 18.7 Å². The summed E-state index contributed by atoms with van der Waals surface area (Å²) in [5.74, 6) is -0.435. The van der Waals surface area contributed by atoms with E-state index in [0.717, 1.165) is 0 Å². The Kier molecular flexibility index (Phi) is 3.89. The summed E-state index contributed by atoms with van der Waals surface area (Å²) in [6.07, 6.45) is 0. The molecule has 1 aromatic carbocycles. The molecule has 1 fully saturated rings. The summed E-state index contributed by atoms with van der Waals surface area (Å²) in [5.41, 5.74) is 0.178. The van der Waals surface area contributed by atoms with Gasteiger partial charge >= 0.3 is 0 Å². The van der Waals surface area contributed by atoms with Crippen LogP contribution in [0.4, 0.5) is 10.3 Å². The van der Waals surface area contributed by atoms with E-state index in [1.165, 1.54) is 24.5 Å². The number of carbonyl (C=O) groups excluding carboxylic acids is 1. The molecule has 0 unspecified atom stereocenters. The molecule has 1 aromatic heterocycles. The number of rotatable bonds is 2. The normalized spacial score (nSPS) is 15.2. The van der Waals surface area contributed by atoms with Crippen molar-refractivity contribution in [3.63, 3.8) is 0 Å². The van der Waals surface area contributed by atoms with Crippen LogP contribution in [0.5, 0.6) is 0 Å². The van der Waals surface area contributed by atoms with Gasteiger partial charge in [0.25, 0.3) is 5.56 Å². The van der Waals surface area contributed by atoms with Crippen molar-refractivity contribution in [1.82, 2.24) is 9.55 Å². The monoisotopic (exact) mass is 319 g/mol. The van der Waals surface area contributed by atoms with Gasteiger partial charge in [-0.25, -0.2) is 9.37 Å². The lowest BCUT2D eigenvalue weighted by atomic mass is 10.0. The van der Waals surface area contributed by atoms with Crippen LogP contribution >= 0.6 is 0 Å². The summed E-state index contributed by atoms with van der Waals surface area (Å²) in [6.45, 7) is 5.19. The molecule has 0 bridgehead atoms. The van der Waals surface area contributed by atoms with Gasteiger partial charge in [-0.3, -0.25) is 14.2 Å². The van der Waals surface area contributed by atoms with Crippen molar-refractivity contribution in [3.8, 4) is 0 Å². The van der Waals surface area contributed by atoms with Crippen LogP contribution in [0.3, 0.4) is 0 Å². The molecule has 0 spiro atoms. The third kappa shape index (κ3) is 2.50. The van der Waals surface area contributed by atoms with Crippen molar-refractivity contribution in [2.45, 2.75) is 13.8 Å². The number of hydrogen-bond acceptors (Lipinski definition) is 5. The highest BCUT2D eigenvalue weighted by molar-refractivity contribution is 6.06. The predicted molar refractivity (Wildman–Crippen MR) is 84.7 cm³/mol. The van der Waals surface area contributed by atoms with Gasteiger partial charge in [-0.05, 0) is 25.5 Å². The fourth-order valence-corrected chi connectivity index (χ4v) is 2.84. The summed E-state index contributed by atoms with van der Waals surface area (Å²) >= 11 is 0. The molecule has 0 aliphatic carbocycles. The second-order valence-corrected chi connectivity index (χ2v) is 5.71. The number of Topliss-reactive ketones (excluding diaryl/α,β-unsaturated/α-hetero) is 1. The highest BCUT2D eigenvalue weighted by Crippen LogP contribution is 2.24. The predicted octanol–water partition coefficient (Wildman–Crippen LogP) is 1.42. The van der Waals surface area contributed by atoms with Crippen LogP contribution in [0, 0.1) is 12.7 Å². The molecule has 1 aliphatic heterocycles. The van der Waals surface area contributed by atoms with Gasteiger partial charge in [0, 0.05) is 25.7 Å². The quantitative estimate of drug-likeness (QED) is 0.783. The molecule has 122 valence electrons. The standard InChI is InChI=1S/C16H18FN3O3/c1-9-8-11(10(2)21)14-12(13(9)17)15(22)19(3)16(18-14)20-4-6-23-7-5-20/h8H,4-7H2,1-3H3. The lowest BCUT2D eigenvalue weighted by Crippen LogP contribution is -2.40. The fraction of sp³-hybridized carbons (Fsp3) is 0.438. The molecule has 23 heavy (non-hydrogen) atoms. The molecule has 1 aliphatic rings. The number of anilines is 1. The molecule has 2 heterocycles. The summed E-state index contributed by atoms with van der Waals surface area (Å²) in [5, 5.41) is -0.130. The van der Waals surface area contributed by atoms with Crippen LogP contribution in [-0.2, 0) is 11.8 Å². The Hall–Kier alpha value is -2.28. The molecule has 0 saturated carbocycles. The van der Waals surface area contributed by atoms with Crippen LogP contribution < -0.4 is 10.5 Å². The van der Waals surface area contributed by atoms with E-state index in [4.69, 9.17) is 4.74 Å². The molecule has 2 aromatic rings. The first-order valence-electron chi connectivity index (χ1n) is 7.45. The van der Waals surface area contributed by atoms with E-state index in [0.29, 0.717) is 32.3 Å². The average molecular weight is 319 g/mol. The Morgan fingerprint density at radius 1 is 1.35 bits per heavy atom. The topological polar surface area (TPSA) is 64.4 Å². The van der Waals surface area contributed by atoms with E-state index in [9.17, 15) is 14.0 Å². The minimum atomic E-state index is -0.619. The number of halogens is 1. The van der Waals surface area contributed by atoms with Gasteiger partial charge in [-0.1, -0.05) is 0 Å². The lowest BCUT2D eigenvalue weighted by Gasteiger charge is -2.29. The number of nitrogens with zero attached hydrogens (tertiary/aromatic N) is 3. The van der Waals surface area contributed by atoms with E-state index in [1.54, 1.807) is 7.05 Å². The molecule has 6 nitrogen and oxygen atoms in total. The van der Waals surface area contributed by atoms with E-state index in [-0.39, 0.29) is 27.8 Å². The van der Waals surface area contributed by atoms with Gasteiger partial charge in [-0.15, -0.1) is 0 Å². The zero-order chi connectivity index (χ0) is 16.7. The Labute approximate surface area is 132 Å². The smallest absolute Gasteiger partial charge is 0.265 e. The molecule has 3 rings (SSSR count). The Balaban J connectivity index is 2.35. The van der Waals surface area contributed by atoms with Gasteiger partial charge in [0.1, 0.15) is 11.2 Å². The lowest BCUT2D eigenvalue weighted by molar-refractivity contribution is 0.101. The Bertz CT molecular complexity index is 854. The first-order chi connectivity index (χ1) is 10.9. The fourth-order valence-electron chi connectivity index (χ4n) is 2.84. The molecule has 0 N–H and O–H groups in total. The van der Waals surface area contributed by atoms with Crippen LogP contribution in [0.2, 0.25) is 0 Å². The van der Waals surface area contributed by atoms with E-state index in [1.807, 2.05) is 4.90 Å². The largest absolute Gasteiger partial charge is 0.378 e. The van der Waals surface area contributed by atoms with E-state index >= 15 is 0 Å². The van der Waals surface area contributed by atoms with Crippen LogP contribution in [0.25, 0.3) is 10.9 Å². The first-order valence-corrected chi connectivity index (χ1v) is 7.45. The molecular formula is C16H18FN3O3. The average Bonchev–Trinajstić information content (AvgIpc) is 2.54. The number of carbonyl (C=O) groups is 1. The van der Waals surface area contributed by atoms with Crippen molar-refractivity contribution < 1.29 is 13.9 Å². The number of ketones is 1. The van der Waals surface area contributed by atoms with Crippen LogP contribution in [-0.4, -0.2) is 41.6 Å². The number of ether oxygens (including phenoxy) is 1. The van der Waals surface area contributed by atoms with Crippen molar-refractivity contribution in [3.05, 3.63) is 33.4 Å². The molecule has 1 saturated heterocycles. The SMILES string of the molecule is CC(=O)c1cc(C)c(F)c2c(=O)n(C)c(N3CCOCC3)nc12. The zero-order valence-electron chi connectivity index (χ0n) is 13.4. The highest BCUT2D eigenvalue weighted by Gasteiger charge is 2.22. The molecule has 0 radical (unpaired) electrons. The van der Waals surface area contributed by atoms with Gasteiger partial charge < -0.3 is 9.64 Å². The molecular weight excluding hydrogens is 301 g/mol. The van der Waals surface area contributed by atoms with Gasteiger partial charge in [0.15, 0.2) is 5.78 Å². The van der Waals surface area contributed by atoms with Crippen molar-refractivity contribution in [2.75, 3.05) is 31.2 Å². The number of morpholine rings is 1. The summed E-state index contributed by atoms with van der Waals surface area (Å²) < 4.78 is 21.1. The number of hydrogen-bond donors (Lipinski definition) is 0. The minimum absolute atomic E-state index is 0.130. The third-order valence-electron chi connectivity index (χ3n) is 4.12. The molecule has 0 amide bonds. The number of aromatic nitrogens is 2. The second kappa shape index (κ2) is 5.73. The summed E-state index contributed by atoms with van der Waals surface area (Å²) in [6, 6.07) is 1.45. The highest BCUT2D eigenvalue weighted by atomic mass is 19.1. The summed E-state index contributed by atoms with van der Waals surface area (Å²) in [4.78, 5) is 30.9. The van der Waals surface area contributed by atoms with E-state index in [2.05, 4.69) is 4.98 Å². The Morgan fingerprint density at radius 2 is 2.00 bits per heavy atom. The van der Waals surface area contributed by atoms with Gasteiger partial charge in [0.2, 0.25) is 5.95 Å². The number of aryl methyl sites for hydroxylation is 1. The second-order valence-electron chi connectivity index (χ2n) is 5.71. The van der Waals surface area contributed by atoms with E-state index < -0.39 is 11.4 Å². The maximum Gasteiger partial charge on any atom is 0.265 e. The Morgan fingerprint density at radius 3 is 2.61 bits per heavy atom. The van der Waals surface area contributed by atoms with Crippen LogP contribution in [0.15, 0.2) is 10.9 Å². The van der Waals surface area contributed by atoms with Crippen molar-refractivity contribution in [1.29, 1.82) is 0 Å².